The van der Waals surface area contributed by atoms with E-state index in [0.717, 1.165) is 10.6 Å². The molecule has 1 aliphatic carbocycles. The summed E-state index contributed by atoms with van der Waals surface area (Å²) in [7, 11) is 0. The lowest BCUT2D eigenvalue weighted by molar-refractivity contribution is 0.102. The summed E-state index contributed by atoms with van der Waals surface area (Å²) in [5, 5.41) is 3.53. The Kier molecular flexibility index (Phi) is 5.38. The minimum Gasteiger partial charge on any atom is -0.321 e. The van der Waals surface area contributed by atoms with Crippen LogP contribution in [0.5, 0.6) is 0 Å². The van der Waals surface area contributed by atoms with Crippen molar-refractivity contribution >= 4 is 39.3 Å². The number of benzene rings is 2. The Morgan fingerprint density at radius 3 is 2.70 bits per heavy atom. The van der Waals surface area contributed by atoms with E-state index >= 15 is 0 Å². The Balaban J connectivity index is 1.79. The van der Waals surface area contributed by atoms with E-state index < -0.39 is 5.82 Å². The van der Waals surface area contributed by atoms with Crippen LogP contribution in [0.3, 0.4) is 0 Å². The van der Waals surface area contributed by atoms with Crippen LogP contribution in [0, 0.1) is 5.82 Å². The van der Waals surface area contributed by atoms with Gasteiger partial charge in [0, 0.05) is 14.6 Å². The van der Waals surface area contributed by atoms with Crippen molar-refractivity contribution in [3.63, 3.8) is 0 Å². The minimum atomic E-state index is -0.424. The first-order valence-corrected chi connectivity index (χ1v) is 9.33. The van der Waals surface area contributed by atoms with E-state index in [1.165, 1.54) is 37.8 Å². The van der Waals surface area contributed by atoms with E-state index in [1.54, 1.807) is 6.07 Å². The van der Waals surface area contributed by atoms with Crippen molar-refractivity contribution in [2.75, 3.05) is 5.32 Å². The van der Waals surface area contributed by atoms with Gasteiger partial charge in [0.15, 0.2) is 0 Å². The van der Waals surface area contributed by atoms with E-state index in [4.69, 9.17) is 0 Å². The number of thioether (sulfide) groups is 1. The van der Waals surface area contributed by atoms with E-state index in [0.29, 0.717) is 15.3 Å². The van der Waals surface area contributed by atoms with Gasteiger partial charge in [-0.3, -0.25) is 4.79 Å². The van der Waals surface area contributed by atoms with Crippen LogP contribution in [-0.2, 0) is 0 Å². The maximum Gasteiger partial charge on any atom is 0.256 e. The molecule has 120 valence electrons. The molecule has 1 N–H and O–H groups in total. The van der Waals surface area contributed by atoms with Crippen molar-refractivity contribution in [1.29, 1.82) is 0 Å². The summed E-state index contributed by atoms with van der Waals surface area (Å²) in [5.74, 6) is -0.734. The Morgan fingerprint density at radius 1 is 1.17 bits per heavy atom. The van der Waals surface area contributed by atoms with Crippen molar-refractivity contribution in [3.05, 3.63) is 58.3 Å². The van der Waals surface area contributed by atoms with Gasteiger partial charge in [-0.25, -0.2) is 4.39 Å². The van der Waals surface area contributed by atoms with Crippen molar-refractivity contribution in [1.82, 2.24) is 0 Å². The number of carbonyl (C=O) groups excluding carboxylic acids is 1. The predicted octanol–water partition coefficient (Wildman–Crippen LogP) is 5.88. The maximum atomic E-state index is 13.4. The van der Waals surface area contributed by atoms with Crippen molar-refractivity contribution < 1.29 is 9.18 Å². The number of para-hydroxylation sites is 1. The molecule has 23 heavy (non-hydrogen) atoms. The van der Waals surface area contributed by atoms with E-state index in [-0.39, 0.29) is 5.91 Å². The Hall–Kier alpha value is -1.33. The number of amides is 1. The summed E-state index contributed by atoms with van der Waals surface area (Å²) in [4.78, 5) is 13.5. The first kappa shape index (κ1) is 16.5. The summed E-state index contributed by atoms with van der Waals surface area (Å²) < 4.78 is 14.0. The Morgan fingerprint density at radius 2 is 1.91 bits per heavy atom. The average molecular weight is 394 g/mol. The van der Waals surface area contributed by atoms with E-state index in [9.17, 15) is 9.18 Å². The van der Waals surface area contributed by atoms with Crippen LogP contribution in [0.2, 0.25) is 0 Å². The first-order valence-electron chi connectivity index (χ1n) is 7.65. The second kappa shape index (κ2) is 7.49. The van der Waals surface area contributed by atoms with Gasteiger partial charge in [0.1, 0.15) is 5.82 Å². The summed E-state index contributed by atoms with van der Waals surface area (Å²) in [6.45, 7) is 0. The van der Waals surface area contributed by atoms with Crippen LogP contribution in [0.15, 0.2) is 51.8 Å². The Bertz CT molecular complexity index is 716. The van der Waals surface area contributed by atoms with E-state index in [2.05, 4.69) is 21.2 Å². The molecule has 0 unspecified atom stereocenters. The molecule has 0 spiro atoms. The molecule has 2 aromatic rings. The lowest BCUT2D eigenvalue weighted by Crippen LogP contribution is -2.13. The van der Waals surface area contributed by atoms with Crippen LogP contribution in [0.1, 0.15) is 36.0 Å². The summed E-state index contributed by atoms with van der Waals surface area (Å²) in [6, 6.07) is 11.9. The number of halogens is 2. The lowest BCUT2D eigenvalue weighted by atomic mass is 10.2. The molecule has 5 heteroatoms. The molecule has 1 fully saturated rings. The van der Waals surface area contributed by atoms with Gasteiger partial charge in [0.2, 0.25) is 0 Å². The summed E-state index contributed by atoms with van der Waals surface area (Å²) >= 11 is 5.12. The molecule has 0 radical (unpaired) electrons. The van der Waals surface area contributed by atoms with Crippen molar-refractivity contribution in [3.8, 4) is 0 Å². The van der Waals surface area contributed by atoms with Crippen LogP contribution in [-0.4, -0.2) is 11.2 Å². The van der Waals surface area contributed by atoms with Gasteiger partial charge in [-0.2, -0.15) is 0 Å². The zero-order valence-electron chi connectivity index (χ0n) is 12.5. The summed E-state index contributed by atoms with van der Waals surface area (Å²) in [5.41, 5.74) is 1.08. The highest BCUT2D eigenvalue weighted by atomic mass is 79.9. The molecule has 0 atom stereocenters. The van der Waals surface area contributed by atoms with Gasteiger partial charge in [0.25, 0.3) is 5.91 Å². The third kappa shape index (κ3) is 4.15. The molecule has 1 aliphatic rings. The van der Waals surface area contributed by atoms with Gasteiger partial charge in [-0.1, -0.05) is 25.0 Å². The smallest absolute Gasteiger partial charge is 0.256 e. The Labute approximate surface area is 148 Å². The zero-order valence-corrected chi connectivity index (χ0v) is 14.9. The SMILES string of the molecule is O=C(Nc1ccccc1SC1CCCC1)c1cc(F)ccc1Br. The van der Waals surface area contributed by atoms with Crippen LogP contribution >= 0.6 is 27.7 Å². The normalized spacial score (nSPS) is 14.9. The largest absolute Gasteiger partial charge is 0.321 e. The first-order chi connectivity index (χ1) is 11.1. The average Bonchev–Trinajstić information content (AvgIpc) is 3.04. The summed E-state index contributed by atoms with van der Waals surface area (Å²) in [6.07, 6.45) is 5.01. The minimum absolute atomic E-state index is 0.297. The molecule has 0 bridgehead atoms. The van der Waals surface area contributed by atoms with Gasteiger partial charge in [-0.15, -0.1) is 11.8 Å². The fraction of sp³-hybridized carbons (Fsp3) is 0.278. The number of hydrogen-bond acceptors (Lipinski definition) is 2. The highest BCUT2D eigenvalue weighted by Gasteiger charge is 2.19. The number of nitrogens with one attached hydrogen (secondary N) is 1. The molecule has 0 aliphatic heterocycles. The number of anilines is 1. The maximum absolute atomic E-state index is 13.4. The molecule has 1 amide bonds. The molecule has 0 aromatic heterocycles. The monoisotopic (exact) mass is 393 g/mol. The van der Waals surface area contributed by atoms with Gasteiger partial charge in [0.05, 0.1) is 11.3 Å². The molecule has 2 nitrogen and oxygen atoms in total. The highest BCUT2D eigenvalue weighted by Crippen LogP contribution is 2.38. The standard InChI is InChI=1S/C18H17BrFNOS/c19-15-10-9-12(20)11-14(15)18(22)21-16-7-3-4-8-17(16)23-13-5-1-2-6-13/h3-4,7-11,13H,1-2,5-6H2,(H,21,22). The molecular weight excluding hydrogens is 377 g/mol. The van der Waals surface area contributed by atoms with Gasteiger partial charge in [-0.05, 0) is 59.1 Å². The topological polar surface area (TPSA) is 29.1 Å². The van der Waals surface area contributed by atoms with Gasteiger partial charge < -0.3 is 5.32 Å². The number of carbonyl (C=O) groups is 1. The third-order valence-electron chi connectivity index (χ3n) is 3.90. The molecular formula is C18H17BrFNOS. The zero-order chi connectivity index (χ0) is 16.2. The van der Waals surface area contributed by atoms with E-state index in [1.807, 2.05) is 36.0 Å². The second-order valence-corrected chi connectivity index (χ2v) is 7.80. The fourth-order valence-corrected chi connectivity index (χ4v) is 4.48. The number of hydrogen-bond donors (Lipinski definition) is 1. The number of rotatable bonds is 4. The van der Waals surface area contributed by atoms with Crippen molar-refractivity contribution in [2.45, 2.75) is 35.8 Å². The molecule has 2 aromatic carbocycles. The highest BCUT2D eigenvalue weighted by molar-refractivity contribution is 9.10. The molecule has 3 rings (SSSR count). The molecule has 0 heterocycles. The third-order valence-corrected chi connectivity index (χ3v) is 6.01. The predicted molar refractivity (Wildman–Crippen MR) is 96.6 cm³/mol. The second-order valence-electron chi connectivity index (χ2n) is 5.60. The van der Waals surface area contributed by atoms with Crippen LogP contribution in [0.25, 0.3) is 0 Å². The fourth-order valence-electron chi connectivity index (χ4n) is 2.72. The molecule has 0 saturated heterocycles. The van der Waals surface area contributed by atoms with Crippen LogP contribution < -0.4 is 5.32 Å². The van der Waals surface area contributed by atoms with Crippen molar-refractivity contribution in [2.24, 2.45) is 0 Å². The van der Waals surface area contributed by atoms with Crippen LogP contribution in [0.4, 0.5) is 10.1 Å². The molecule has 1 saturated carbocycles. The quantitative estimate of drug-likeness (QED) is 0.702. The van der Waals surface area contributed by atoms with Gasteiger partial charge >= 0.3 is 0 Å². The lowest BCUT2D eigenvalue weighted by Gasteiger charge is -2.14.